The number of hydrogen-bond acceptors (Lipinski definition) is 8. The monoisotopic (exact) mass is 559 g/mol. The molecule has 1 amide bonds. The summed E-state index contributed by atoms with van der Waals surface area (Å²) >= 11 is 0. The second-order valence-electron chi connectivity index (χ2n) is 9.70. The van der Waals surface area contributed by atoms with Gasteiger partial charge in [-0.25, -0.2) is 22.6 Å². The predicted molar refractivity (Wildman–Crippen MR) is 155 cm³/mol. The van der Waals surface area contributed by atoms with E-state index in [0.717, 1.165) is 5.92 Å². The highest BCUT2D eigenvalue weighted by Crippen LogP contribution is 2.30. The summed E-state index contributed by atoms with van der Waals surface area (Å²) in [5, 5.41) is 5.57. The van der Waals surface area contributed by atoms with Gasteiger partial charge in [0.2, 0.25) is 0 Å². The zero-order valence-electron chi connectivity index (χ0n) is 23.1. The van der Waals surface area contributed by atoms with Crippen molar-refractivity contribution in [3.8, 4) is 24.0 Å². The molecule has 2 aliphatic rings. The molecule has 39 heavy (non-hydrogen) atoms. The Bertz CT molecular complexity index is 1220. The van der Waals surface area contributed by atoms with Crippen molar-refractivity contribution in [3.63, 3.8) is 0 Å². The molecule has 2 aromatic rings. The zero-order valence-corrected chi connectivity index (χ0v) is 23.9. The molecule has 0 bridgehead atoms. The number of cyclic esters (lactones) is 1. The standard InChI is InChI=1S/C22H26FN5O4S.C4H10.C2H2/c1-3-27(24-2)14-18-15-28(22(29)32-18)17-5-6-19(20(23)12-17)16-4-7-21(25-13-16)26-8-10-33(30,31)11-9-26;1-4(2)3;1-2/h4-7,12-13,18H,2-3,8-11,14-15H2,1H3;4H,1-3H3;1-2H. The lowest BCUT2D eigenvalue weighted by Crippen LogP contribution is -2.40. The van der Waals surface area contributed by atoms with Gasteiger partial charge in [0.05, 0.1) is 30.3 Å². The number of hydrogen-bond donors (Lipinski definition) is 0. The maximum absolute atomic E-state index is 15.0. The van der Waals surface area contributed by atoms with E-state index in [9.17, 15) is 17.6 Å². The summed E-state index contributed by atoms with van der Waals surface area (Å²) in [6.45, 7) is 14.1. The quantitative estimate of drug-likeness (QED) is 0.284. The predicted octanol–water partition coefficient (Wildman–Crippen LogP) is 4.30. The molecule has 3 heterocycles. The zero-order chi connectivity index (χ0) is 29.2. The van der Waals surface area contributed by atoms with E-state index in [-0.39, 0.29) is 17.6 Å². The maximum Gasteiger partial charge on any atom is 0.414 e. The molecular formula is C28H38FN5O4S. The van der Waals surface area contributed by atoms with E-state index < -0.39 is 21.7 Å². The third kappa shape index (κ3) is 8.96. The Labute approximate surface area is 231 Å². The number of halogens is 1. The molecule has 0 aliphatic carbocycles. The number of terminal acetylenes is 1. The van der Waals surface area contributed by atoms with E-state index in [0.29, 0.717) is 55.4 Å². The number of amides is 1. The summed E-state index contributed by atoms with van der Waals surface area (Å²) in [7, 11) is -2.97. The summed E-state index contributed by atoms with van der Waals surface area (Å²) in [4.78, 5) is 20.0. The van der Waals surface area contributed by atoms with Crippen molar-refractivity contribution in [1.82, 2.24) is 9.99 Å². The van der Waals surface area contributed by atoms with Crippen molar-refractivity contribution in [2.75, 3.05) is 54.0 Å². The first-order valence-corrected chi connectivity index (χ1v) is 14.6. The smallest absolute Gasteiger partial charge is 0.414 e. The Hall–Kier alpha value is -3.65. The number of sulfone groups is 1. The van der Waals surface area contributed by atoms with Crippen LogP contribution in [0.25, 0.3) is 11.1 Å². The SMILES string of the molecule is C#C.C=NN(CC)CC1CN(c2ccc(-c3ccc(N4CCS(=O)(=O)CC4)nc3)c(F)c2)C(=O)O1.CC(C)C. The van der Waals surface area contributed by atoms with Gasteiger partial charge in [-0.2, -0.15) is 5.10 Å². The van der Waals surface area contributed by atoms with Crippen molar-refractivity contribution in [2.45, 2.75) is 33.8 Å². The molecule has 1 atom stereocenters. The van der Waals surface area contributed by atoms with Crippen LogP contribution >= 0.6 is 0 Å². The van der Waals surface area contributed by atoms with Crippen LogP contribution in [0.3, 0.4) is 0 Å². The van der Waals surface area contributed by atoms with Gasteiger partial charge in [-0.3, -0.25) is 9.91 Å². The highest BCUT2D eigenvalue weighted by molar-refractivity contribution is 7.91. The van der Waals surface area contributed by atoms with Gasteiger partial charge in [0.15, 0.2) is 9.84 Å². The average molecular weight is 560 g/mol. The van der Waals surface area contributed by atoms with Gasteiger partial charge in [-0.15, -0.1) is 12.8 Å². The van der Waals surface area contributed by atoms with Gasteiger partial charge in [0.25, 0.3) is 0 Å². The molecule has 0 radical (unpaired) electrons. The second kappa shape index (κ2) is 14.5. The minimum atomic E-state index is -2.97. The van der Waals surface area contributed by atoms with Crippen molar-refractivity contribution in [3.05, 3.63) is 42.3 Å². The fraction of sp³-hybridized carbons (Fsp3) is 0.464. The topological polar surface area (TPSA) is 95.4 Å². The normalized spacial score (nSPS) is 17.8. The third-order valence-corrected chi connectivity index (χ3v) is 7.45. The largest absolute Gasteiger partial charge is 0.442 e. The highest BCUT2D eigenvalue weighted by Gasteiger charge is 2.33. The molecule has 4 rings (SSSR count). The lowest BCUT2D eigenvalue weighted by Gasteiger charge is -2.27. The Morgan fingerprint density at radius 1 is 1.21 bits per heavy atom. The number of nitrogens with zero attached hydrogens (tertiary/aromatic N) is 5. The van der Waals surface area contributed by atoms with E-state index in [4.69, 9.17) is 4.74 Å². The lowest BCUT2D eigenvalue weighted by molar-refractivity contribution is 0.112. The van der Waals surface area contributed by atoms with Crippen molar-refractivity contribution in [1.29, 1.82) is 0 Å². The number of aromatic nitrogens is 1. The molecule has 2 fully saturated rings. The number of pyridine rings is 1. The minimum absolute atomic E-state index is 0.104. The molecule has 0 saturated carbocycles. The molecule has 9 nitrogen and oxygen atoms in total. The van der Waals surface area contributed by atoms with Gasteiger partial charge in [0.1, 0.15) is 17.7 Å². The average Bonchev–Trinajstić information content (AvgIpc) is 3.28. The van der Waals surface area contributed by atoms with Crippen LogP contribution in [0.15, 0.2) is 41.6 Å². The number of anilines is 2. The van der Waals surface area contributed by atoms with Crippen LogP contribution in [0.1, 0.15) is 27.7 Å². The number of benzene rings is 1. The number of ether oxygens (including phenoxy) is 1. The maximum atomic E-state index is 15.0. The number of carbonyl (C=O) groups is 1. The lowest BCUT2D eigenvalue weighted by atomic mass is 10.1. The first kappa shape index (κ1) is 31.6. The Balaban J connectivity index is 0.000000815. The van der Waals surface area contributed by atoms with E-state index in [2.05, 4.69) is 50.4 Å². The summed E-state index contributed by atoms with van der Waals surface area (Å²) in [6, 6.07) is 8.11. The number of likely N-dealkylation sites (N-methyl/N-ethyl adjacent to an activating group) is 1. The summed E-state index contributed by atoms with van der Waals surface area (Å²) in [5.74, 6) is 1.22. The molecule has 1 unspecified atom stereocenters. The molecule has 1 aromatic carbocycles. The summed E-state index contributed by atoms with van der Waals surface area (Å²) in [6.07, 6.45) is 8.66. The molecule has 0 spiro atoms. The van der Waals surface area contributed by atoms with Gasteiger partial charge in [-0.05, 0) is 43.2 Å². The van der Waals surface area contributed by atoms with Gasteiger partial charge >= 0.3 is 6.09 Å². The van der Waals surface area contributed by atoms with Gasteiger partial charge in [-0.1, -0.05) is 20.8 Å². The van der Waals surface area contributed by atoms with E-state index >= 15 is 0 Å². The molecule has 2 aliphatic heterocycles. The number of hydrazone groups is 1. The Morgan fingerprint density at radius 2 is 1.85 bits per heavy atom. The van der Waals surface area contributed by atoms with Crippen LogP contribution in [0.5, 0.6) is 0 Å². The summed E-state index contributed by atoms with van der Waals surface area (Å²) in [5.41, 5.74) is 1.36. The molecular weight excluding hydrogens is 521 g/mol. The molecule has 2 saturated heterocycles. The number of carbonyl (C=O) groups excluding carboxylic acids is 1. The number of rotatable bonds is 7. The van der Waals surface area contributed by atoms with Crippen LogP contribution in [0.2, 0.25) is 0 Å². The molecule has 212 valence electrons. The van der Waals surface area contributed by atoms with Gasteiger partial charge in [0, 0.05) is 43.7 Å². The van der Waals surface area contributed by atoms with E-state index in [1.807, 2.05) is 11.8 Å². The fourth-order valence-electron chi connectivity index (χ4n) is 3.93. The molecule has 1 aromatic heterocycles. The van der Waals surface area contributed by atoms with Crippen molar-refractivity contribution in [2.24, 2.45) is 11.0 Å². The molecule has 0 N–H and O–H groups in total. The van der Waals surface area contributed by atoms with Crippen molar-refractivity contribution >= 4 is 34.2 Å². The van der Waals surface area contributed by atoms with Crippen LogP contribution < -0.4 is 9.80 Å². The summed E-state index contributed by atoms with van der Waals surface area (Å²) < 4.78 is 43.6. The first-order valence-electron chi connectivity index (χ1n) is 12.8. The van der Waals surface area contributed by atoms with E-state index in [1.165, 1.54) is 11.0 Å². The Kier molecular flexibility index (Phi) is 11.7. The van der Waals surface area contributed by atoms with Crippen LogP contribution in [0.4, 0.5) is 20.7 Å². The molecule has 11 heteroatoms. The Morgan fingerprint density at radius 3 is 2.36 bits per heavy atom. The van der Waals surface area contributed by atoms with E-state index in [1.54, 1.807) is 35.5 Å². The van der Waals surface area contributed by atoms with Crippen molar-refractivity contribution < 1.29 is 22.3 Å². The fourth-order valence-corrected chi connectivity index (χ4v) is 5.13. The van der Waals surface area contributed by atoms with Crippen LogP contribution in [-0.4, -0.2) is 81.6 Å². The van der Waals surface area contributed by atoms with Crippen LogP contribution in [0, 0.1) is 24.6 Å². The second-order valence-corrected chi connectivity index (χ2v) is 12.0. The highest BCUT2D eigenvalue weighted by atomic mass is 32.2. The van der Waals surface area contributed by atoms with Crippen LogP contribution in [-0.2, 0) is 14.6 Å². The minimum Gasteiger partial charge on any atom is -0.442 e. The van der Waals surface area contributed by atoms with Gasteiger partial charge < -0.3 is 9.64 Å². The third-order valence-electron chi connectivity index (χ3n) is 5.85. The first-order chi connectivity index (χ1) is 18.5.